The lowest BCUT2D eigenvalue weighted by molar-refractivity contribution is -0.144. The Balaban J connectivity index is 1.99. The summed E-state index contributed by atoms with van der Waals surface area (Å²) in [5.74, 6) is 0.499. The van der Waals surface area contributed by atoms with Crippen molar-refractivity contribution < 1.29 is 14.3 Å². The Kier molecular flexibility index (Phi) is 5.09. The summed E-state index contributed by atoms with van der Waals surface area (Å²) in [5, 5.41) is 0. The molecule has 132 valence electrons. The zero-order valence-corrected chi connectivity index (χ0v) is 15.2. The third-order valence-electron chi connectivity index (χ3n) is 4.77. The van der Waals surface area contributed by atoms with E-state index in [1.165, 1.54) is 5.56 Å². The van der Waals surface area contributed by atoms with E-state index in [-0.39, 0.29) is 23.9 Å². The minimum Gasteiger partial charge on any atom is -0.497 e. The second-order valence-corrected chi connectivity index (χ2v) is 6.94. The van der Waals surface area contributed by atoms with E-state index < -0.39 is 0 Å². The Morgan fingerprint density at radius 2 is 1.60 bits per heavy atom. The minimum absolute atomic E-state index is 0.00361. The number of hydrogen-bond donors (Lipinski definition) is 0. The number of ether oxygens (including phenoxy) is 2. The second kappa shape index (κ2) is 7.28. The van der Waals surface area contributed by atoms with E-state index in [9.17, 15) is 4.79 Å². The molecule has 3 atom stereocenters. The van der Waals surface area contributed by atoms with E-state index in [2.05, 4.69) is 31.2 Å². The number of carbonyl (C=O) groups excluding carboxylic acids is 1. The van der Waals surface area contributed by atoms with Gasteiger partial charge in [0.2, 0.25) is 0 Å². The number of carbonyl (C=O) groups is 1. The SMILES string of the molecule is COc1ccc([C@H]2OC(=O)[C@@H](CN(C)C)[C@H]2c2ccc(C)cc2)cc1. The summed E-state index contributed by atoms with van der Waals surface area (Å²) in [6.07, 6.45) is -0.272. The molecule has 3 rings (SSSR count). The van der Waals surface area contributed by atoms with Gasteiger partial charge < -0.3 is 14.4 Å². The topological polar surface area (TPSA) is 38.8 Å². The largest absolute Gasteiger partial charge is 0.497 e. The molecule has 1 aliphatic rings. The maximum Gasteiger partial charge on any atom is 0.311 e. The smallest absolute Gasteiger partial charge is 0.311 e. The average Bonchev–Trinajstić information content (AvgIpc) is 2.92. The molecular formula is C21H25NO3. The molecule has 0 radical (unpaired) electrons. The van der Waals surface area contributed by atoms with Crippen molar-refractivity contribution in [3.8, 4) is 5.75 Å². The van der Waals surface area contributed by atoms with Crippen LogP contribution in [0.2, 0.25) is 0 Å². The Hall–Kier alpha value is -2.33. The van der Waals surface area contributed by atoms with Gasteiger partial charge in [-0.3, -0.25) is 4.79 Å². The first-order chi connectivity index (χ1) is 12.0. The van der Waals surface area contributed by atoms with E-state index in [1.807, 2.05) is 43.3 Å². The van der Waals surface area contributed by atoms with Crippen molar-refractivity contribution >= 4 is 5.97 Å². The number of methoxy groups -OCH3 is 1. The first-order valence-electron chi connectivity index (χ1n) is 8.55. The summed E-state index contributed by atoms with van der Waals surface area (Å²) in [7, 11) is 5.62. The van der Waals surface area contributed by atoms with Crippen LogP contribution in [-0.4, -0.2) is 38.6 Å². The van der Waals surface area contributed by atoms with Gasteiger partial charge in [-0.05, 0) is 44.3 Å². The van der Waals surface area contributed by atoms with Crippen molar-refractivity contribution in [1.29, 1.82) is 0 Å². The van der Waals surface area contributed by atoms with Crippen LogP contribution in [0.5, 0.6) is 5.75 Å². The number of esters is 1. The fourth-order valence-corrected chi connectivity index (χ4v) is 3.49. The van der Waals surface area contributed by atoms with Crippen molar-refractivity contribution in [1.82, 2.24) is 4.90 Å². The molecular weight excluding hydrogens is 314 g/mol. The van der Waals surface area contributed by atoms with Gasteiger partial charge in [0.15, 0.2) is 0 Å². The van der Waals surface area contributed by atoms with Crippen LogP contribution in [0.25, 0.3) is 0 Å². The van der Waals surface area contributed by atoms with Crippen LogP contribution in [0, 0.1) is 12.8 Å². The minimum atomic E-state index is -0.272. The molecule has 25 heavy (non-hydrogen) atoms. The van der Waals surface area contributed by atoms with E-state index in [1.54, 1.807) is 7.11 Å². The lowest BCUT2D eigenvalue weighted by Gasteiger charge is -2.24. The van der Waals surface area contributed by atoms with Crippen molar-refractivity contribution in [3.63, 3.8) is 0 Å². The first kappa shape index (κ1) is 17.5. The highest BCUT2D eigenvalue weighted by Crippen LogP contribution is 2.46. The highest BCUT2D eigenvalue weighted by molar-refractivity contribution is 5.77. The molecule has 0 spiro atoms. The van der Waals surface area contributed by atoms with Crippen molar-refractivity contribution in [2.24, 2.45) is 5.92 Å². The summed E-state index contributed by atoms with van der Waals surface area (Å²) in [6.45, 7) is 2.74. The van der Waals surface area contributed by atoms with E-state index in [0.29, 0.717) is 6.54 Å². The Bertz CT molecular complexity index is 722. The van der Waals surface area contributed by atoms with Crippen LogP contribution >= 0.6 is 0 Å². The molecule has 1 heterocycles. The van der Waals surface area contributed by atoms with Gasteiger partial charge in [0, 0.05) is 12.5 Å². The van der Waals surface area contributed by atoms with Crippen LogP contribution in [0.15, 0.2) is 48.5 Å². The standard InChI is InChI=1S/C21H25NO3/c1-14-5-7-15(8-6-14)19-18(13-22(2)3)21(23)25-20(19)16-9-11-17(24-4)12-10-16/h5-12,18-20H,13H2,1-4H3/t18-,19+,20+/m0/s1. The molecule has 0 aliphatic carbocycles. The number of nitrogens with zero attached hydrogens (tertiary/aromatic N) is 1. The van der Waals surface area contributed by atoms with Crippen molar-refractivity contribution in [3.05, 3.63) is 65.2 Å². The van der Waals surface area contributed by atoms with Gasteiger partial charge in [0.1, 0.15) is 11.9 Å². The third-order valence-corrected chi connectivity index (χ3v) is 4.77. The Morgan fingerprint density at radius 1 is 1.00 bits per heavy atom. The third kappa shape index (κ3) is 3.69. The second-order valence-electron chi connectivity index (χ2n) is 6.94. The molecule has 1 fully saturated rings. The summed E-state index contributed by atoms with van der Waals surface area (Å²) in [5.41, 5.74) is 3.35. The van der Waals surface area contributed by atoms with E-state index in [0.717, 1.165) is 16.9 Å². The monoisotopic (exact) mass is 339 g/mol. The van der Waals surface area contributed by atoms with Crippen LogP contribution in [-0.2, 0) is 9.53 Å². The Morgan fingerprint density at radius 3 is 2.16 bits per heavy atom. The Labute approximate surface area is 149 Å². The fraction of sp³-hybridized carbons (Fsp3) is 0.381. The van der Waals surface area contributed by atoms with Crippen LogP contribution in [0.1, 0.15) is 28.7 Å². The molecule has 0 aromatic heterocycles. The highest BCUT2D eigenvalue weighted by Gasteiger charge is 2.46. The molecule has 0 unspecified atom stereocenters. The van der Waals surface area contributed by atoms with Gasteiger partial charge >= 0.3 is 5.97 Å². The van der Waals surface area contributed by atoms with Gasteiger partial charge in [0.05, 0.1) is 13.0 Å². The molecule has 1 aliphatic heterocycles. The normalized spacial score (nSPS) is 22.9. The zero-order valence-electron chi connectivity index (χ0n) is 15.2. The molecule has 1 saturated heterocycles. The number of rotatable bonds is 5. The van der Waals surface area contributed by atoms with Crippen LogP contribution in [0.4, 0.5) is 0 Å². The van der Waals surface area contributed by atoms with Gasteiger partial charge in [0.25, 0.3) is 0 Å². The number of hydrogen-bond acceptors (Lipinski definition) is 4. The quantitative estimate of drug-likeness (QED) is 0.781. The fourth-order valence-electron chi connectivity index (χ4n) is 3.49. The molecule has 0 amide bonds. The first-order valence-corrected chi connectivity index (χ1v) is 8.55. The number of aryl methyl sites for hydroxylation is 1. The predicted molar refractivity (Wildman–Crippen MR) is 97.8 cm³/mol. The molecule has 4 nitrogen and oxygen atoms in total. The number of cyclic esters (lactones) is 1. The maximum atomic E-state index is 12.6. The average molecular weight is 339 g/mol. The summed E-state index contributed by atoms with van der Waals surface area (Å²) < 4.78 is 11.1. The summed E-state index contributed by atoms with van der Waals surface area (Å²) in [6, 6.07) is 16.2. The van der Waals surface area contributed by atoms with E-state index >= 15 is 0 Å². The molecule has 4 heteroatoms. The van der Waals surface area contributed by atoms with Crippen LogP contribution in [0.3, 0.4) is 0 Å². The molecule has 0 N–H and O–H groups in total. The summed E-state index contributed by atoms with van der Waals surface area (Å²) >= 11 is 0. The van der Waals surface area contributed by atoms with E-state index in [4.69, 9.17) is 9.47 Å². The molecule has 2 aromatic rings. The van der Waals surface area contributed by atoms with Crippen molar-refractivity contribution in [2.75, 3.05) is 27.7 Å². The molecule has 0 saturated carbocycles. The van der Waals surface area contributed by atoms with Gasteiger partial charge in [-0.2, -0.15) is 0 Å². The van der Waals surface area contributed by atoms with Crippen LogP contribution < -0.4 is 4.74 Å². The van der Waals surface area contributed by atoms with Gasteiger partial charge in [-0.15, -0.1) is 0 Å². The maximum absolute atomic E-state index is 12.6. The number of benzene rings is 2. The van der Waals surface area contributed by atoms with Crippen molar-refractivity contribution in [2.45, 2.75) is 18.9 Å². The predicted octanol–water partition coefficient (Wildman–Crippen LogP) is 3.56. The van der Waals surface area contributed by atoms with Gasteiger partial charge in [-0.1, -0.05) is 42.0 Å². The lowest BCUT2D eigenvalue weighted by atomic mass is 9.81. The molecule has 0 bridgehead atoms. The highest BCUT2D eigenvalue weighted by atomic mass is 16.6. The van der Waals surface area contributed by atoms with Gasteiger partial charge in [-0.25, -0.2) is 0 Å². The molecule has 2 aromatic carbocycles. The lowest BCUT2D eigenvalue weighted by Crippen LogP contribution is -2.28. The summed E-state index contributed by atoms with van der Waals surface area (Å²) in [4.78, 5) is 14.6. The zero-order chi connectivity index (χ0) is 18.0.